The van der Waals surface area contributed by atoms with Crippen molar-refractivity contribution in [2.45, 2.75) is 0 Å². The van der Waals surface area contributed by atoms with Crippen LogP contribution in [0.2, 0.25) is 0 Å². The van der Waals surface area contributed by atoms with Crippen LogP contribution in [0.25, 0.3) is 117 Å². The van der Waals surface area contributed by atoms with Crippen LogP contribution in [0.15, 0.2) is 346 Å². The van der Waals surface area contributed by atoms with Crippen LogP contribution < -0.4 is 26.2 Å². The van der Waals surface area contributed by atoms with Crippen LogP contribution in [0.3, 0.4) is 0 Å². The molecule has 14 aromatic carbocycles. The minimum Gasteiger partial charge on any atom is -0.311 e. The van der Waals surface area contributed by atoms with Crippen LogP contribution in [0, 0.1) is 0 Å². The van der Waals surface area contributed by atoms with Gasteiger partial charge in [0.1, 0.15) is 0 Å². The summed E-state index contributed by atoms with van der Waals surface area (Å²) in [6.07, 6.45) is 0. The maximum absolute atomic E-state index is 5.07. The molecule has 0 N–H and O–H groups in total. The van der Waals surface area contributed by atoms with Crippen LogP contribution >= 0.6 is 0 Å². The molecular formula is C87H57BN6. The lowest BCUT2D eigenvalue weighted by atomic mass is 9.33. The number of anilines is 6. The molecule has 6 nitrogen and oxygen atoms in total. The van der Waals surface area contributed by atoms with Gasteiger partial charge in [0.15, 0.2) is 17.5 Å². The number of fused-ring (bicyclic) bond motifs is 7. The number of nitrogens with zero attached hydrogens (tertiary/aromatic N) is 6. The molecule has 0 unspecified atom stereocenters. The standard InChI is InChI=1S/C87H57BN6/c1-7-25-58(26-8-1)66-49-67(59-27-9-2-10-28-59)52-72(51-66)93-80-41-23-20-38-76(80)88-77-39-21-24-42-81(77)94(73-53-68(60-29-11-3-12-30-60)50-69(54-73)61-31-13-4-14-32-61)83-57-70(56-82(93)84(83)88)65-45-48-79-75(55-65)74-37-19-22-40-78(74)92(79)71-46-43-64(44-47-71)87-90-85(62-33-15-5-16-34-62)89-86(91-87)63-35-17-6-18-36-63/h1-57H. The number of rotatable bonds is 11. The molecule has 2 aliphatic heterocycles. The summed E-state index contributed by atoms with van der Waals surface area (Å²) in [5.41, 5.74) is 28.0. The summed E-state index contributed by atoms with van der Waals surface area (Å²) in [4.78, 5) is 20.2. The fourth-order valence-electron chi connectivity index (χ4n) is 14.4. The lowest BCUT2D eigenvalue weighted by Crippen LogP contribution is -2.61. The van der Waals surface area contributed by atoms with E-state index in [-0.39, 0.29) is 6.71 Å². The third-order valence-electron chi connectivity index (χ3n) is 18.8. The van der Waals surface area contributed by atoms with Gasteiger partial charge in [-0.2, -0.15) is 0 Å². The molecule has 2 aliphatic rings. The second kappa shape index (κ2) is 22.8. The fourth-order valence-corrected chi connectivity index (χ4v) is 14.4. The molecule has 0 saturated carbocycles. The lowest BCUT2D eigenvalue weighted by Gasteiger charge is -2.44. The highest BCUT2D eigenvalue weighted by Crippen LogP contribution is 2.49. The first kappa shape index (κ1) is 54.5. The van der Waals surface area contributed by atoms with Gasteiger partial charge in [-0.1, -0.05) is 243 Å². The topological polar surface area (TPSA) is 50.1 Å². The highest BCUT2D eigenvalue weighted by Gasteiger charge is 2.44. The van der Waals surface area contributed by atoms with Crippen LogP contribution in [-0.2, 0) is 0 Å². The van der Waals surface area contributed by atoms with E-state index < -0.39 is 0 Å². The molecule has 0 bridgehead atoms. The SMILES string of the molecule is c1ccc(-c2cc(-c3ccccc3)cc(N3c4ccccc4B4c5ccccc5N(c5cc(-c6ccccc6)cc(-c6ccccc6)c5)c5cc(-c6ccc7c(c6)c6ccccc6n7-c6ccc(-c7nc(-c8ccccc8)nc(-c8ccccc8)n7)cc6)cc3c54)c2)cc1. The molecule has 4 heterocycles. The maximum Gasteiger partial charge on any atom is 0.252 e. The van der Waals surface area contributed by atoms with Crippen molar-refractivity contribution < 1.29 is 0 Å². The molecule has 0 atom stereocenters. The highest BCUT2D eigenvalue weighted by atomic mass is 15.2. The predicted octanol–water partition coefficient (Wildman–Crippen LogP) is 20.4. The number of hydrogen-bond acceptors (Lipinski definition) is 5. The molecule has 2 aromatic heterocycles. The fraction of sp³-hybridized carbons (Fsp3) is 0. The van der Waals surface area contributed by atoms with Crippen molar-refractivity contribution >= 4 is 79.0 Å². The summed E-state index contributed by atoms with van der Waals surface area (Å²) in [7, 11) is 0. The Morgan fingerprint density at radius 3 is 0.989 bits per heavy atom. The van der Waals surface area contributed by atoms with Gasteiger partial charge in [-0.05, 0) is 175 Å². The van der Waals surface area contributed by atoms with E-state index in [4.69, 9.17) is 15.0 Å². The summed E-state index contributed by atoms with van der Waals surface area (Å²) in [6, 6.07) is 126. The maximum atomic E-state index is 5.07. The minimum absolute atomic E-state index is 0.0791. The summed E-state index contributed by atoms with van der Waals surface area (Å²) >= 11 is 0. The first-order valence-electron chi connectivity index (χ1n) is 32.1. The zero-order valence-electron chi connectivity index (χ0n) is 51.2. The van der Waals surface area contributed by atoms with Crippen LogP contribution in [0.4, 0.5) is 34.1 Å². The van der Waals surface area contributed by atoms with E-state index in [2.05, 4.69) is 299 Å². The van der Waals surface area contributed by atoms with Crippen molar-refractivity contribution in [3.8, 4) is 95.5 Å². The molecule has 438 valence electrons. The summed E-state index contributed by atoms with van der Waals surface area (Å²) < 4.78 is 2.39. The third kappa shape index (κ3) is 9.48. The molecule has 0 aliphatic carbocycles. The van der Waals surface area contributed by atoms with Crippen molar-refractivity contribution in [2.75, 3.05) is 9.80 Å². The van der Waals surface area contributed by atoms with Gasteiger partial charge in [0, 0.05) is 67.3 Å². The molecule has 0 spiro atoms. The predicted molar refractivity (Wildman–Crippen MR) is 392 cm³/mol. The molecule has 0 radical (unpaired) electrons. The van der Waals surface area contributed by atoms with Crippen molar-refractivity contribution in [3.05, 3.63) is 346 Å². The number of para-hydroxylation sites is 3. The molecule has 7 heteroatoms. The quantitative estimate of drug-likeness (QED) is 0.121. The van der Waals surface area contributed by atoms with Gasteiger partial charge in [-0.15, -0.1) is 0 Å². The van der Waals surface area contributed by atoms with Crippen molar-refractivity contribution in [1.82, 2.24) is 19.5 Å². The number of benzene rings is 14. The van der Waals surface area contributed by atoms with Crippen molar-refractivity contribution in [3.63, 3.8) is 0 Å². The van der Waals surface area contributed by atoms with E-state index in [9.17, 15) is 0 Å². The van der Waals surface area contributed by atoms with Gasteiger partial charge in [-0.25, -0.2) is 15.0 Å². The van der Waals surface area contributed by atoms with Gasteiger partial charge < -0.3 is 14.4 Å². The molecule has 16 aromatic rings. The van der Waals surface area contributed by atoms with Gasteiger partial charge >= 0.3 is 0 Å². The van der Waals surface area contributed by atoms with Gasteiger partial charge in [0.25, 0.3) is 6.71 Å². The smallest absolute Gasteiger partial charge is 0.252 e. The normalized spacial score (nSPS) is 12.2. The largest absolute Gasteiger partial charge is 0.311 e. The van der Waals surface area contributed by atoms with E-state index in [1.165, 1.54) is 21.8 Å². The van der Waals surface area contributed by atoms with Crippen molar-refractivity contribution in [2.24, 2.45) is 0 Å². The average Bonchev–Trinajstić information content (AvgIpc) is 0.808. The van der Waals surface area contributed by atoms with Crippen LogP contribution in [-0.4, -0.2) is 26.2 Å². The van der Waals surface area contributed by atoms with Gasteiger partial charge in [-0.3, -0.25) is 0 Å². The van der Waals surface area contributed by atoms with E-state index in [0.717, 1.165) is 129 Å². The summed E-state index contributed by atoms with van der Waals surface area (Å²) in [5, 5.41) is 2.33. The lowest BCUT2D eigenvalue weighted by molar-refractivity contribution is 1.07. The minimum atomic E-state index is -0.0791. The van der Waals surface area contributed by atoms with E-state index >= 15 is 0 Å². The van der Waals surface area contributed by atoms with E-state index in [1.54, 1.807) is 0 Å². The van der Waals surface area contributed by atoms with Crippen LogP contribution in [0.1, 0.15) is 0 Å². The van der Waals surface area contributed by atoms with Gasteiger partial charge in [0.05, 0.1) is 11.0 Å². The first-order chi connectivity index (χ1) is 46.6. The first-order valence-corrected chi connectivity index (χ1v) is 32.1. The van der Waals surface area contributed by atoms with E-state index in [1.807, 2.05) is 60.7 Å². The zero-order valence-corrected chi connectivity index (χ0v) is 51.2. The molecule has 18 rings (SSSR count). The van der Waals surface area contributed by atoms with E-state index in [0.29, 0.717) is 17.5 Å². The number of aromatic nitrogens is 4. The number of hydrogen-bond donors (Lipinski definition) is 0. The Bertz CT molecular complexity index is 5180. The Kier molecular flexibility index (Phi) is 13.2. The summed E-state index contributed by atoms with van der Waals surface area (Å²) in [6.45, 7) is -0.0791. The second-order valence-corrected chi connectivity index (χ2v) is 24.3. The van der Waals surface area contributed by atoms with Gasteiger partial charge in [0.2, 0.25) is 0 Å². The molecule has 0 amide bonds. The Balaban J connectivity index is 0.855. The second-order valence-electron chi connectivity index (χ2n) is 24.3. The monoisotopic (exact) mass is 1200 g/mol. The van der Waals surface area contributed by atoms with Crippen molar-refractivity contribution in [1.29, 1.82) is 0 Å². The van der Waals surface area contributed by atoms with Crippen LogP contribution in [0.5, 0.6) is 0 Å². The zero-order chi connectivity index (χ0) is 62.1. The highest BCUT2D eigenvalue weighted by molar-refractivity contribution is 7.00. The molecular weight excluding hydrogens is 1140 g/mol. The summed E-state index contributed by atoms with van der Waals surface area (Å²) in [5.74, 6) is 1.88. The Labute approximate surface area is 546 Å². The molecule has 94 heavy (non-hydrogen) atoms. The third-order valence-corrected chi connectivity index (χ3v) is 18.8. The molecule has 0 fully saturated rings. The average molecular weight is 1200 g/mol. The Morgan fingerprint density at radius 1 is 0.213 bits per heavy atom. The molecule has 0 saturated heterocycles. The Morgan fingerprint density at radius 2 is 0.553 bits per heavy atom. The Hall–Kier alpha value is -12.4.